The number of nitrogens with zero attached hydrogens (tertiary/aromatic N) is 1. The van der Waals surface area contributed by atoms with Crippen molar-refractivity contribution in [2.24, 2.45) is 0 Å². The molecule has 1 nitrogen and oxygen atoms in total. The molecule has 0 saturated carbocycles. The van der Waals surface area contributed by atoms with Crippen LogP contribution in [0.15, 0.2) is 0 Å². The first-order valence-electron chi connectivity index (χ1n) is 4.51. The lowest BCUT2D eigenvalue weighted by Crippen LogP contribution is -2.34. The van der Waals surface area contributed by atoms with Gasteiger partial charge in [-0.2, -0.15) is 11.8 Å². The van der Waals surface area contributed by atoms with Gasteiger partial charge in [0.2, 0.25) is 0 Å². The van der Waals surface area contributed by atoms with Crippen LogP contribution < -0.4 is 0 Å². The van der Waals surface area contributed by atoms with E-state index in [4.69, 9.17) is 0 Å². The van der Waals surface area contributed by atoms with Gasteiger partial charge in [-0.25, -0.2) is 0 Å². The Morgan fingerprint density at radius 2 is 2.17 bits per heavy atom. The molecule has 0 heterocycles. The molecule has 1 atom stereocenters. The molecule has 0 amide bonds. The number of rotatable bonds is 7. The fourth-order valence-electron chi connectivity index (χ4n) is 1.24. The standard InChI is InChI=1S/C9H20BrNS/c1-4-9(8-12-3)11(2)7-5-6-10/h9H,4-8H2,1-3H3. The van der Waals surface area contributed by atoms with Crippen molar-refractivity contribution < 1.29 is 0 Å². The van der Waals surface area contributed by atoms with Crippen molar-refractivity contribution in [3.05, 3.63) is 0 Å². The molecule has 0 saturated heterocycles. The van der Waals surface area contributed by atoms with Crippen LogP contribution in [0.2, 0.25) is 0 Å². The maximum absolute atomic E-state index is 3.46. The zero-order chi connectivity index (χ0) is 9.40. The summed E-state index contributed by atoms with van der Waals surface area (Å²) in [6.07, 6.45) is 4.70. The van der Waals surface area contributed by atoms with Crippen LogP contribution >= 0.6 is 27.7 Å². The predicted octanol–water partition coefficient (Wildman–Crippen LogP) is 2.84. The van der Waals surface area contributed by atoms with E-state index in [1.165, 1.54) is 25.1 Å². The molecule has 0 radical (unpaired) electrons. The lowest BCUT2D eigenvalue weighted by Gasteiger charge is -2.26. The molecular formula is C9H20BrNS. The Labute approximate surface area is 89.4 Å². The van der Waals surface area contributed by atoms with Crippen LogP contribution in [0, 0.1) is 0 Å². The van der Waals surface area contributed by atoms with Crippen LogP contribution in [-0.4, -0.2) is 41.9 Å². The Morgan fingerprint density at radius 1 is 1.50 bits per heavy atom. The minimum absolute atomic E-state index is 0.763. The van der Waals surface area contributed by atoms with E-state index in [1.54, 1.807) is 0 Å². The molecule has 0 aliphatic heterocycles. The van der Waals surface area contributed by atoms with Gasteiger partial charge in [0.15, 0.2) is 0 Å². The van der Waals surface area contributed by atoms with Gasteiger partial charge in [-0.15, -0.1) is 0 Å². The molecule has 12 heavy (non-hydrogen) atoms. The van der Waals surface area contributed by atoms with Crippen molar-refractivity contribution in [3.63, 3.8) is 0 Å². The summed E-state index contributed by atoms with van der Waals surface area (Å²) in [7, 11) is 2.23. The zero-order valence-electron chi connectivity index (χ0n) is 8.35. The van der Waals surface area contributed by atoms with E-state index in [0.29, 0.717) is 0 Å². The highest BCUT2D eigenvalue weighted by Crippen LogP contribution is 2.08. The van der Waals surface area contributed by atoms with Gasteiger partial charge >= 0.3 is 0 Å². The Hall–Kier alpha value is 0.790. The molecule has 0 aromatic heterocycles. The number of hydrogen-bond acceptors (Lipinski definition) is 2. The van der Waals surface area contributed by atoms with E-state index in [1.807, 2.05) is 11.8 Å². The van der Waals surface area contributed by atoms with Crippen LogP contribution in [0.5, 0.6) is 0 Å². The highest BCUT2D eigenvalue weighted by atomic mass is 79.9. The van der Waals surface area contributed by atoms with E-state index < -0.39 is 0 Å². The summed E-state index contributed by atoms with van der Waals surface area (Å²) in [5.74, 6) is 1.26. The molecule has 0 aliphatic rings. The van der Waals surface area contributed by atoms with E-state index in [2.05, 4.69) is 41.1 Å². The van der Waals surface area contributed by atoms with Crippen molar-refractivity contribution in [3.8, 4) is 0 Å². The molecule has 0 aromatic rings. The van der Waals surface area contributed by atoms with Gasteiger partial charge in [-0.1, -0.05) is 22.9 Å². The number of hydrogen-bond donors (Lipinski definition) is 0. The van der Waals surface area contributed by atoms with E-state index in [0.717, 1.165) is 11.4 Å². The van der Waals surface area contributed by atoms with Crippen molar-refractivity contribution in [1.82, 2.24) is 4.90 Å². The van der Waals surface area contributed by atoms with E-state index >= 15 is 0 Å². The summed E-state index contributed by atoms with van der Waals surface area (Å²) in [5.41, 5.74) is 0. The largest absolute Gasteiger partial charge is 0.303 e. The Bertz CT molecular complexity index is 101. The van der Waals surface area contributed by atoms with Crippen LogP contribution in [-0.2, 0) is 0 Å². The second-order valence-corrected chi connectivity index (χ2v) is 4.74. The summed E-state index contributed by atoms with van der Waals surface area (Å²) >= 11 is 5.40. The van der Waals surface area contributed by atoms with E-state index in [-0.39, 0.29) is 0 Å². The van der Waals surface area contributed by atoms with E-state index in [9.17, 15) is 0 Å². The number of halogens is 1. The topological polar surface area (TPSA) is 3.24 Å². The van der Waals surface area contributed by atoms with Gasteiger partial charge < -0.3 is 4.90 Å². The third-order valence-corrected chi connectivity index (χ3v) is 3.38. The van der Waals surface area contributed by atoms with Gasteiger partial charge in [0.25, 0.3) is 0 Å². The average molecular weight is 254 g/mol. The Kier molecular flexibility index (Phi) is 8.94. The molecular weight excluding hydrogens is 234 g/mol. The number of alkyl halides is 1. The summed E-state index contributed by atoms with van der Waals surface area (Å²) < 4.78 is 0. The molecule has 0 bridgehead atoms. The zero-order valence-corrected chi connectivity index (χ0v) is 10.7. The third-order valence-electron chi connectivity index (χ3n) is 2.10. The van der Waals surface area contributed by atoms with Crippen LogP contribution in [0.1, 0.15) is 19.8 Å². The second kappa shape index (κ2) is 8.39. The lowest BCUT2D eigenvalue weighted by molar-refractivity contribution is 0.257. The molecule has 1 unspecified atom stereocenters. The first-order valence-corrected chi connectivity index (χ1v) is 7.02. The van der Waals surface area contributed by atoms with Gasteiger partial charge in [0.1, 0.15) is 0 Å². The highest BCUT2D eigenvalue weighted by molar-refractivity contribution is 9.09. The summed E-state index contributed by atoms with van der Waals surface area (Å²) in [6.45, 7) is 3.48. The molecule has 3 heteroatoms. The maximum Gasteiger partial charge on any atom is 0.0180 e. The smallest absolute Gasteiger partial charge is 0.0180 e. The first kappa shape index (κ1) is 12.8. The molecule has 0 fully saturated rings. The Balaban J connectivity index is 3.60. The predicted molar refractivity (Wildman–Crippen MR) is 63.5 cm³/mol. The van der Waals surface area contributed by atoms with Crippen molar-refractivity contribution in [1.29, 1.82) is 0 Å². The fraction of sp³-hybridized carbons (Fsp3) is 1.00. The first-order chi connectivity index (χ1) is 5.76. The molecule has 0 aromatic carbocycles. The molecule has 0 aliphatic carbocycles. The summed E-state index contributed by atoms with van der Waals surface area (Å²) in [6, 6.07) is 0.763. The van der Waals surface area contributed by atoms with Gasteiger partial charge in [0.05, 0.1) is 0 Å². The lowest BCUT2D eigenvalue weighted by atomic mass is 10.2. The van der Waals surface area contributed by atoms with Crippen LogP contribution in [0.3, 0.4) is 0 Å². The highest BCUT2D eigenvalue weighted by Gasteiger charge is 2.10. The molecule has 0 rings (SSSR count). The second-order valence-electron chi connectivity index (χ2n) is 3.04. The quantitative estimate of drug-likeness (QED) is 0.643. The van der Waals surface area contributed by atoms with Crippen LogP contribution in [0.25, 0.3) is 0 Å². The SMILES string of the molecule is CCC(CSC)N(C)CCCBr. The minimum Gasteiger partial charge on any atom is -0.303 e. The van der Waals surface area contributed by atoms with Crippen LogP contribution in [0.4, 0.5) is 0 Å². The third kappa shape index (κ3) is 5.44. The Morgan fingerprint density at radius 3 is 2.58 bits per heavy atom. The number of thioether (sulfide) groups is 1. The van der Waals surface area contributed by atoms with Gasteiger partial charge in [-0.3, -0.25) is 0 Å². The average Bonchev–Trinajstić information content (AvgIpc) is 2.10. The minimum atomic E-state index is 0.763. The summed E-state index contributed by atoms with van der Waals surface area (Å²) in [4.78, 5) is 2.47. The molecule has 74 valence electrons. The summed E-state index contributed by atoms with van der Waals surface area (Å²) in [5, 5.41) is 1.12. The monoisotopic (exact) mass is 253 g/mol. The normalized spacial score (nSPS) is 13.8. The van der Waals surface area contributed by atoms with Gasteiger partial charge in [-0.05, 0) is 32.7 Å². The molecule has 0 spiro atoms. The molecule has 0 N–H and O–H groups in total. The van der Waals surface area contributed by atoms with Crippen molar-refractivity contribution >= 4 is 27.7 Å². The van der Waals surface area contributed by atoms with Crippen molar-refractivity contribution in [2.75, 3.05) is 30.9 Å². The van der Waals surface area contributed by atoms with Gasteiger partial charge in [0, 0.05) is 17.1 Å². The fourth-order valence-corrected chi connectivity index (χ4v) is 2.37. The maximum atomic E-state index is 3.46. The van der Waals surface area contributed by atoms with Crippen molar-refractivity contribution in [2.45, 2.75) is 25.8 Å².